The van der Waals surface area contributed by atoms with Gasteiger partial charge in [-0.1, -0.05) is 0 Å². The van der Waals surface area contributed by atoms with E-state index in [1.54, 1.807) is 11.2 Å². The molecule has 0 saturated heterocycles. The fourth-order valence-corrected chi connectivity index (χ4v) is 1.20. The maximum Gasteiger partial charge on any atom is 0.131 e. The highest BCUT2D eigenvalue weighted by atomic mass is 15.5. The van der Waals surface area contributed by atoms with Crippen molar-refractivity contribution in [1.82, 2.24) is 15.2 Å². The third-order valence-electron chi connectivity index (χ3n) is 2.03. The zero-order chi connectivity index (χ0) is 11.7. The average Bonchev–Trinajstić information content (AvgIpc) is 2.22. The number of hydrogen-bond donors (Lipinski definition) is 2. The van der Waals surface area contributed by atoms with Gasteiger partial charge in [0.2, 0.25) is 0 Å². The van der Waals surface area contributed by atoms with Gasteiger partial charge in [0.1, 0.15) is 5.84 Å². The first kappa shape index (κ1) is 14.1. The van der Waals surface area contributed by atoms with Crippen molar-refractivity contribution < 1.29 is 0 Å². The Kier molecular flexibility index (Phi) is 7.85. The Morgan fingerprint density at radius 2 is 2.20 bits per heavy atom. The molecule has 5 heteroatoms. The van der Waals surface area contributed by atoms with Gasteiger partial charge in [-0.05, 0) is 27.9 Å². The highest BCUT2D eigenvalue weighted by molar-refractivity contribution is 5.81. The van der Waals surface area contributed by atoms with Crippen LogP contribution in [0.5, 0.6) is 0 Å². The predicted molar refractivity (Wildman–Crippen MR) is 65.7 cm³/mol. The van der Waals surface area contributed by atoms with Crippen LogP contribution in [0.2, 0.25) is 0 Å². The summed E-state index contributed by atoms with van der Waals surface area (Å²) < 4.78 is 0. The predicted octanol–water partition coefficient (Wildman–Crippen LogP) is 0.442. The third kappa shape index (κ3) is 6.19. The van der Waals surface area contributed by atoms with E-state index in [1.807, 2.05) is 27.9 Å². The van der Waals surface area contributed by atoms with Crippen molar-refractivity contribution in [2.75, 3.05) is 40.3 Å². The molecule has 0 bridgehead atoms. The van der Waals surface area contributed by atoms with Crippen LogP contribution in [-0.4, -0.2) is 62.2 Å². The van der Waals surface area contributed by atoms with Gasteiger partial charge in [0.25, 0.3) is 0 Å². The quantitative estimate of drug-likeness (QED) is 0.366. The Bertz CT molecular complexity index is 202. The maximum absolute atomic E-state index is 7.87. The largest absolute Gasteiger partial charge is 0.318 e. The van der Waals surface area contributed by atoms with Gasteiger partial charge in [-0.2, -0.15) is 5.10 Å². The van der Waals surface area contributed by atoms with Crippen LogP contribution in [0.4, 0.5) is 0 Å². The van der Waals surface area contributed by atoms with Gasteiger partial charge in [0.05, 0.1) is 6.54 Å². The van der Waals surface area contributed by atoms with Crippen LogP contribution in [-0.2, 0) is 0 Å². The minimum atomic E-state index is 0.536. The number of rotatable bonds is 7. The van der Waals surface area contributed by atoms with E-state index in [9.17, 15) is 0 Å². The van der Waals surface area contributed by atoms with Crippen molar-refractivity contribution in [3.05, 3.63) is 0 Å². The van der Waals surface area contributed by atoms with E-state index in [1.165, 1.54) is 0 Å². The summed E-state index contributed by atoms with van der Waals surface area (Å²) in [7, 11) is 3.94. The van der Waals surface area contributed by atoms with Crippen LogP contribution < -0.4 is 5.32 Å². The second kappa shape index (κ2) is 8.38. The molecule has 0 spiro atoms. The summed E-state index contributed by atoms with van der Waals surface area (Å²) in [6, 6.07) is 0. The molecule has 2 N–H and O–H groups in total. The first-order chi connectivity index (χ1) is 7.15. The lowest BCUT2D eigenvalue weighted by Gasteiger charge is -2.22. The Hall–Kier alpha value is -0.940. The zero-order valence-corrected chi connectivity index (χ0v) is 10.2. The van der Waals surface area contributed by atoms with Gasteiger partial charge < -0.3 is 5.32 Å². The molecule has 0 aromatic rings. The minimum Gasteiger partial charge on any atom is -0.318 e. The van der Waals surface area contributed by atoms with Gasteiger partial charge in [-0.15, -0.1) is 0 Å². The van der Waals surface area contributed by atoms with E-state index < -0.39 is 0 Å². The minimum absolute atomic E-state index is 0.536. The van der Waals surface area contributed by atoms with Crippen molar-refractivity contribution >= 4 is 12.1 Å². The molecule has 0 rings (SSSR count). The average molecular weight is 213 g/mol. The molecule has 5 nitrogen and oxygen atoms in total. The molecule has 0 aliphatic heterocycles. The molecular formula is C10H23N5. The highest BCUT2D eigenvalue weighted by Gasteiger charge is 2.08. The second-order valence-corrected chi connectivity index (χ2v) is 3.38. The molecule has 0 aromatic heterocycles. The van der Waals surface area contributed by atoms with Gasteiger partial charge >= 0.3 is 0 Å². The number of nitrogens with one attached hydrogen (secondary N) is 2. The number of amidine groups is 1. The molecule has 0 saturated carbocycles. The molecular weight excluding hydrogens is 190 g/mol. The molecule has 0 aliphatic carbocycles. The molecule has 88 valence electrons. The lowest BCUT2D eigenvalue weighted by Crippen LogP contribution is -2.38. The zero-order valence-electron chi connectivity index (χ0n) is 10.2. The van der Waals surface area contributed by atoms with Crippen molar-refractivity contribution in [3.8, 4) is 0 Å². The van der Waals surface area contributed by atoms with Gasteiger partial charge in [0.15, 0.2) is 0 Å². The van der Waals surface area contributed by atoms with E-state index in [0.29, 0.717) is 12.4 Å². The van der Waals surface area contributed by atoms with Gasteiger partial charge in [-0.3, -0.25) is 15.3 Å². The maximum atomic E-state index is 7.87. The Balaban J connectivity index is 3.98. The molecule has 15 heavy (non-hydrogen) atoms. The fraction of sp³-hybridized carbons (Fsp3) is 0.800. The topological polar surface area (TPSA) is 54.7 Å². The summed E-state index contributed by atoms with van der Waals surface area (Å²) >= 11 is 0. The lowest BCUT2D eigenvalue weighted by atomic mass is 10.4. The van der Waals surface area contributed by atoms with Crippen molar-refractivity contribution in [1.29, 1.82) is 5.41 Å². The molecule has 0 aromatic carbocycles. The third-order valence-corrected chi connectivity index (χ3v) is 2.03. The van der Waals surface area contributed by atoms with Crippen molar-refractivity contribution in [2.45, 2.75) is 13.8 Å². The second-order valence-electron chi connectivity index (χ2n) is 3.38. The first-order valence-corrected chi connectivity index (χ1v) is 5.32. The van der Waals surface area contributed by atoms with Crippen LogP contribution in [0.1, 0.15) is 13.8 Å². The van der Waals surface area contributed by atoms with E-state index in [0.717, 1.165) is 19.6 Å². The molecule has 0 aliphatic rings. The van der Waals surface area contributed by atoms with E-state index in [-0.39, 0.29) is 0 Å². The molecule has 0 heterocycles. The summed E-state index contributed by atoms with van der Waals surface area (Å²) in [5.41, 5.74) is 0. The summed E-state index contributed by atoms with van der Waals surface area (Å²) in [5, 5.41) is 16.8. The Morgan fingerprint density at radius 3 is 2.67 bits per heavy atom. The number of hydrazone groups is 1. The van der Waals surface area contributed by atoms with E-state index in [4.69, 9.17) is 5.41 Å². The van der Waals surface area contributed by atoms with E-state index in [2.05, 4.69) is 15.3 Å². The number of likely N-dealkylation sites (N-methyl/N-ethyl adjacent to an activating group) is 3. The Morgan fingerprint density at radius 1 is 1.53 bits per heavy atom. The van der Waals surface area contributed by atoms with Crippen LogP contribution in [0.3, 0.4) is 0 Å². The van der Waals surface area contributed by atoms with Crippen molar-refractivity contribution in [2.24, 2.45) is 5.10 Å². The standard InChI is InChI=1S/C10H23N5/c1-5-13-15(6-2)10(11)9-14(4)8-7-12-3/h5,11-12H,6-9H2,1-4H3/b11-10?,13-5+. The number of hydrogen-bond acceptors (Lipinski definition) is 4. The monoisotopic (exact) mass is 213 g/mol. The number of nitrogens with zero attached hydrogens (tertiary/aromatic N) is 3. The molecule has 0 atom stereocenters. The summed E-state index contributed by atoms with van der Waals surface area (Å²) in [6.07, 6.45) is 1.71. The molecule has 0 radical (unpaired) electrons. The summed E-state index contributed by atoms with van der Waals surface area (Å²) in [5.74, 6) is 0.536. The van der Waals surface area contributed by atoms with E-state index >= 15 is 0 Å². The fourth-order valence-electron chi connectivity index (χ4n) is 1.20. The SMILES string of the molecule is C/C=N/N(CC)C(=N)CN(C)CCNC. The molecule has 0 unspecified atom stereocenters. The normalized spacial score (nSPS) is 11.3. The highest BCUT2D eigenvalue weighted by Crippen LogP contribution is 1.93. The van der Waals surface area contributed by atoms with Crippen LogP contribution in [0.25, 0.3) is 0 Å². The summed E-state index contributed by atoms with van der Waals surface area (Å²) in [4.78, 5) is 2.10. The Labute approximate surface area is 92.6 Å². The lowest BCUT2D eigenvalue weighted by molar-refractivity contribution is 0.353. The molecule has 0 amide bonds. The van der Waals surface area contributed by atoms with Crippen LogP contribution in [0, 0.1) is 5.41 Å². The summed E-state index contributed by atoms with van der Waals surface area (Å²) in [6.45, 7) is 7.10. The first-order valence-electron chi connectivity index (χ1n) is 5.32. The van der Waals surface area contributed by atoms with Crippen LogP contribution >= 0.6 is 0 Å². The van der Waals surface area contributed by atoms with Crippen LogP contribution in [0.15, 0.2) is 5.10 Å². The smallest absolute Gasteiger partial charge is 0.131 e. The van der Waals surface area contributed by atoms with Crippen molar-refractivity contribution in [3.63, 3.8) is 0 Å². The van der Waals surface area contributed by atoms with Gasteiger partial charge in [-0.25, -0.2) is 0 Å². The molecule has 0 fully saturated rings. The van der Waals surface area contributed by atoms with Gasteiger partial charge in [0, 0.05) is 25.8 Å².